The van der Waals surface area contributed by atoms with E-state index < -0.39 is 22.9 Å². The lowest BCUT2D eigenvalue weighted by molar-refractivity contribution is 0.101. The van der Waals surface area contributed by atoms with Crippen molar-refractivity contribution in [1.29, 1.82) is 0 Å². The largest absolute Gasteiger partial charge is 0.494 e. The van der Waals surface area contributed by atoms with Crippen LogP contribution in [0.25, 0.3) is 5.69 Å². The minimum absolute atomic E-state index is 0.307. The summed E-state index contributed by atoms with van der Waals surface area (Å²) in [6.07, 6.45) is 1.95. The van der Waals surface area contributed by atoms with Crippen molar-refractivity contribution >= 4 is 5.78 Å². The predicted octanol–water partition coefficient (Wildman–Crippen LogP) is 1.63. The fraction of sp³-hybridized carbons (Fsp3) is 0.353. The number of aromatic hydroxyl groups is 1. The minimum atomic E-state index is -0.780. The molecule has 2 aromatic rings. The SMILES string of the molecule is CC(=O)c1c(O)n(CC2CC2)c(=O)n(-c2cccc(C)c2)c1=O. The monoisotopic (exact) mass is 314 g/mol. The molecule has 0 spiro atoms. The molecule has 6 heteroatoms. The number of hydrogen-bond acceptors (Lipinski definition) is 4. The molecule has 1 fully saturated rings. The van der Waals surface area contributed by atoms with E-state index >= 15 is 0 Å². The highest BCUT2D eigenvalue weighted by Crippen LogP contribution is 2.31. The highest BCUT2D eigenvalue weighted by molar-refractivity contribution is 5.95. The second kappa shape index (κ2) is 5.53. The van der Waals surface area contributed by atoms with Crippen molar-refractivity contribution in [3.05, 3.63) is 56.2 Å². The van der Waals surface area contributed by atoms with Crippen LogP contribution in [-0.2, 0) is 6.54 Å². The normalized spacial score (nSPS) is 14.0. The van der Waals surface area contributed by atoms with Crippen LogP contribution < -0.4 is 11.2 Å². The van der Waals surface area contributed by atoms with Gasteiger partial charge in [-0.1, -0.05) is 12.1 Å². The summed E-state index contributed by atoms with van der Waals surface area (Å²) in [5.41, 5.74) is -0.452. The molecule has 120 valence electrons. The van der Waals surface area contributed by atoms with Crippen molar-refractivity contribution in [2.24, 2.45) is 5.92 Å². The summed E-state index contributed by atoms with van der Waals surface area (Å²) in [5.74, 6) is -0.774. The molecule has 1 heterocycles. The number of carbonyl (C=O) groups excluding carboxylic acids is 1. The Balaban J connectivity index is 2.34. The number of aryl methyl sites for hydroxylation is 1. The van der Waals surface area contributed by atoms with Crippen LogP contribution in [0.15, 0.2) is 33.9 Å². The van der Waals surface area contributed by atoms with Crippen molar-refractivity contribution in [3.8, 4) is 11.6 Å². The second-order valence-electron chi connectivity index (χ2n) is 6.07. The number of hydrogen-bond donors (Lipinski definition) is 1. The van der Waals surface area contributed by atoms with Crippen LogP contribution in [0.1, 0.15) is 35.7 Å². The lowest BCUT2D eigenvalue weighted by Crippen LogP contribution is -2.41. The minimum Gasteiger partial charge on any atom is -0.494 e. The van der Waals surface area contributed by atoms with Crippen LogP contribution in [-0.4, -0.2) is 20.0 Å². The first-order valence-corrected chi connectivity index (χ1v) is 7.57. The molecule has 1 N–H and O–H groups in total. The molecule has 6 nitrogen and oxygen atoms in total. The van der Waals surface area contributed by atoms with Crippen molar-refractivity contribution in [1.82, 2.24) is 9.13 Å². The summed E-state index contributed by atoms with van der Waals surface area (Å²) < 4.78 is 2.10. The molecule has 23 heavy (non-hydrogen) atoms. The Hall–Kier alpha value is -2.63. The van der Waals surface area contributed by atoms with Crippen LogP contribution in [0.3, 0.4) is 0 Å². The molecule has 3 rings (SSSR count). The average Bonchev–Trinajstić information content (AvgIpc) is 3.27. The molecule has 0 saturated heterocycles. The Kier molecular flexibility index (Phi) is 3.67. The molecule has 0 bridgehead atoms. The van der Waals surface area contributed by atoms with Gasteiger partial charge < -0.3 is 5.11 Å². The van der Waals surface area contributed by atoms with Crippen LogP contribution in [0, 0.1) is 12.8 Å². The van der Waals surface area contributed by atoms with Crippen LogP contribution in [0.4, 0.5) is 0 Å². The lowest BCUT2D eigenvalue weighted by atomic mass is 10.2. The second-order valence-corrected chi connectivity index (χ2v) is 6.07. The van der Waals surface area contributed by atoms with E-state index in [9.17, 15) is 19.5 Å². The van der Waals surface area contributed by atoms with E-state index in [2.05, 4.69) is 0 Å². The Morgan fingerprint density at radius 3 is 2.57 bits per heavy atom. The third-order valence-corrected chi connectivity index (χ3v) is 4.07. The topological polar surface area (TPSA) is 81.3 Å². The summed E-state index contributed by atoms with van der Waals surface area (Å²) in [6, 6.07) is 6.93. The molecule has 0 atom stereocenters. The molecule has 1 aliphatic rings. The van der Waals surface area contributed by atoms with Gasteiger partial charge in [-0.25, -0.2) is 9.36 Å². The van der Waals surface area contributed by atoms with Gasteiger partial charge in [-0.2, -0.15) is 0 Å². The molecule has 0 unspecified atom stereocenters. The Morgan fingerprint density at radius 2 is 2.00 bits per heavy atom. The number of carbonyl (C=O) groups is 1. The number of benzene rings is 1. The van der Waals surface area contributed by atoms with E-state index in [4.69, 9.17) is 0 Å². The number of rotatable bonds is 4. The molecule has 1 aromatic heterocycles. The number of ketones is 1. The Labute approximate surface area is 132 Å². The van der Waals surface area contributed by atoms with Gasteiger partial charge in [-0.15, -0.1) is 0 Å². The summed E-state index contributed by atoms with van der Waals surface area (Å²) in [6.45, 7) is 3.38. The van der Waals surface area contributed by atoms with E-state index in [0.29, 0.717) is 18.2 Å². The van der Waals surface area contributed by atoms with Gasteiger partial charge in [-0.05, 0) is 50.3 Å². The van der Waals surface area contributed by atoms with Gasteiger partial charge in [0, 0.05) is 6.54 Å². The average molecular weight is 314 g/mol. The summed E-state index contributed by atoms with van der Waals surface area (Å²) in [7, 11) is 0. The standard InChI is InChI=1S/C17H18N2O4/c1-10-4-3-5-13(8-10)19-16(22)14(11(2)20)15(21)18(17(19)23)9-12-6-7-12/h3-5,8,12,21H,6-7,9H2,1-2H3. The maximum atomic E-state index is 12.7. The van der Waals surface area contributed by atoms with Crippen LogP contribution in [0.2, 0.25) is 0 Å². The van der Waals surface area contributed by atoms with Gasteiger partial charge in [0.2, 0.25) is 5.88 Å². The first-order chi connectivity index (χ1) is 10.9. The number of Topliss-reactive ketones (excluding diaryl/α,β-unsaturated/α-hetero) is 1. The van der Waals surface area contributed by atoms with Gasteiger partial charge in [0.1, 0.15) is 5.56 Å². The van der Waals surface area contributed by atoms with Gasteiger partial charge in [0.05, 0.1) is 5.69 Å². The molecule has 1 aliphatic carbocycles. The van der Waals surface area contributed by atoms with Crippen molar-refractivity contribution in [2.45, 2.75) is 33.2 Å². The molecule has 1 saturated carbocycles. The van der Waals surface area contributed by atoms with Gasteiger partial charge in [-0.3, -0.25) is 14.2 Å². The summed E-state index contributed by atoms with van der Waals surface area (Å²) >= 11 is 0. The maximum Gasteiger partial charge on any atom is 0.338 e. The molecular weight excluding hydrogens is 296 g/mol. The third kappa shape index (κ3) is 2.72. The first kappa shape index (κ1) is 15.3. The van der Waals surface area contributed by atoms with Crippen molar-refractivity contribution < 1.29 is 9.90 Å². The zero-order valence-corrected chi connectivity index (χ0v) is 13.1. The predicted molar refractivity (Wildman–Crippen MR) is 85.4 cm³/mol. The first-order valence-electron chi connectivity index (χ1n) is 7.57. The fourth-order valence-electron chi connectivity index (χ4n) is 2.67. The third-order valence-electron chi connectivity index (χ3n) is 4.07. The van der Waals surface area contributed by atoms with Gasteiger partial charge in [0.15, 0.2) is 5.78 Å². The molecule has 0 radical (unpaired) electrons. The lowest BCUT2D eigenvalue weighted by Gasteiger charge is -2.14. The van der Waals surface area contributed by atoms with E-state index in [1.165, 1.54) is 6.92 Å². The summed E-state index contributed by atoms with van der Waals surface area (Å²) in [4.78, 5) is 37.1. The highest BCUT2D eigenvalue weighted by Gasteiger charge is 2.28. The zero-order valence-electron chi connectivity index (χ0n) is 13.1. The van der Waals surface area contributed by atoms with Crippen LogP contribution >= 0.6 is 0 Å². The van der Waals surface area contributed by atoms with Gasteiger partial charge in [0.25, 0.3) is 5.56 Å². The number of nitrogens with zero attached hydrogens (tertiary/aromatic N) is 2. The Morgan fingerprint density at radius 1 is 1.30 bits per heavy atom. The Bertz CT molecular complexity index is 904. The van der Waals surface area contributed by atoms with Gasteiger partial charge >= 0.3 is 5.69 Å². The van der Waals surface area contributed by atoms with Crippen molar-refractivity contribution in [2.75, 3.05) is 0 Å². The number of aromatic nitrogens is 2. The fourth-order valence-corrected chi connectivity index (χ4v) is 2.67. The molecule has 0 aliphatic heterocycles. The summed E-state index contributed by atoms with van der Waals surface area (Å²) in [5, 5.41) is 10.3. The van der Waals surface area contributed by atoms with E-state index in [0.717, 1.165) is 27.5 Å². The molecular formula is C17H18N2O4. The quantitative estimate of drug-likeness (QED) is 0.870. The highest BCUT2D eigenvalue weighted by atomic mass is 16.3. The van der Waals surface area contributed by atoms with E-state index in [1.54, 1.807) is 18.2 Å². The van der Waals surface area contributed by atoms with Crippen molar-refractivity contribution in [3.63, 3.8) is 0 Å². The van der Waals surface area contributed by atoms with E-state index in [1.807, 2.05) is 13.0 Å². The zero-order chi connectivity index (χ0) is 16.7. The van der Waals surface area contributed by atoms with Crippen LogP contribution in [0.5, 0.6) is 5.88 Å². The maximum absolute atomic E-state index is 12.7. The van der Waals surface area contributed by atoms with E-state index in [-0.39, 0.29) is 5.56 Å². The smallest absolute Gasteiger partial charge is 0.338 e. The molecule has 1 aromatic carbocycles. The molecule has 0 amide bonds.